The van der Waals surface area contributed by atoms with E-state index in [9.17, 15) is 33.9 Å². The van der Waals surface area contributed by atoms with Crippen LogP contribution in [0.25, 0.3) is 0 Å². The zero-order valence-corrected chi connectivity index (χ0v) is 62.4. The number of aliphatic hydroxyl groups excluding tert-OH is 1. The fourth-order valence-corrected chi connectivity index (χ4v) is 13.0. The van der Waals surface area contributed by atoms with Crippen LogP contribution in [0.1, 0.15) is 169 Å². The van der Waals surface area contributed by atoms with Crippen molar-refractivity contribution in [3.05, 3.63) is 12.2 Å². The van der Waals surface area contributed by atoms with E-state index in [2.05, 4.69) is 10.6 Å². The van der Waals surface area contributed by atoms with Gasteiger partial charge in [0.1, 0.15) is 48.6 Å². The summed E-state index contributed by atoms with van der Waals surface area (Å²) in [6, 6.07) is -10.1. The second-order valence-electron chi connectivity index (χ2n) is 29.4. The second-order valence-corrected chi connectivity index (χ2v) is 29.4. The third-order valence-electron chi connectivity index (χ3n) is 19.4. The summed E-state index contributed by atoms with van der Waals surface area (Å²) in [7, 11) is 10.1. The van der Waals surface area contributed by atoms with Crippen molar-refractivity contribution in [2.24, 2.45) is 59.2 Å². The number of ether oxygens (including phenoxy) is 1. The van der Waals surface area contributed by atoms with Gasteiger partial charge in [-0.25, -0.2) is 0 Å². The predicted molar refractivity (Wildman–Crippen MR) is 367 cm³/mol. The van der Waals surface area contributed by atoms with Crippen LogP contribution in [0.15, 0.2) is 12.2 Å². The van der Waals surface area contributed by atoms with Gasteiger partial charge in [-0.3, -0.25) is 57.5 Å². The highest BCUT2D eigenvalue weighted by molar-refractivity contribution is 6.00. The smallest absolute Gasteiger partial charge is 0.248 e. The number of carbonyl (C=O) groups is 12. The lowest BCUT2D eigenvalue weighted by molar-refractivity contribution is -0.157. The van der Waals surface area contributed by atoms with E-state index in [0.29, 0.717) is 32.6 Å². The van der Waals surface area contributed by atoms with E-state index >= 15 is 28.8 Å². The molecule has 2 aliphatic rings. The molecule has 0 spiro atoms. The van der Waals surface area contributed by atoms with Crippen molar-refractivity contribution in [1.29, 1.82) is 0 Å². The topological polar surface area (TPSA) is 284 Å². The number of hydrogen-bond donors (Lipinski definition) is 3. The predicted octanol–water partition coefficient (Wildman–Crippen LogP) is 4.97. The minimum atomic E-state index is -1.64. The molecule has 2 saturated heterocycles. The molecule has 9 amide bonds. The van der Waals surface area contributed by atoms with Gasteiger partial charge in [-0.2, -0.15) is 0 Å². The van der Waals surface area contributed by atoms with Gasteiger partial charge in [0, 0.05) is 118 Å². The van der Waals surface area contributed by atoms with Gasteiger partial charge >= 0.3 is 0 Å². The highest BCUT2D eigenvalue weighted by Gasteiger charge is 2.46. The Morgan fingerprint density at radius 3 is 1.51 bits per heavy atom. The summed E-state index contributed by atoms with van der Waals surface area (Å²) in [5.74, 6) is -12.5. The first-order chi connectivity index (χ1) is 44.1. The molecule has 0 aromatic rings. The number of Topliss-reactive ketones (excluding diaryl/α,β-unsaturated/α-hetero) is 3. The fraction of sp³-hybridized carbons (Fsp3) is 0.803. The zero-order chi connectivity index (χ0) is 73.0. The van der Waals surface area contributed by atoms with Crippen molar-refractivity contribution < 1.29 is 67.4 Å². The van der Waals surface area contributed by atoms with Crippen LogP contribution in [0.3, 0.4) is 0 Å². The average molecular weight is 1340 g/mol. The summed E-state index contributed by atoms with van der Waals surface area (Å²) in [5.41, 5.74) is 0. The Labute approximate surface area is 569 Å². The molecular weight excluding hydrogens is 1220 g/mol. The first-order valence-electron chi connectivity index (χ1n) is 34.7. The average Bonchev–Trinajstić information content (AvgIpc) is 0.810. The minimum absolute atomic E-state index is 0.0153. The molecule has 0 radical (unpaired) electrons. The SMILES string of the molecule is C/C=C/C[C@@H](C)[C@@H](O)[C@H]1C(=O)N[C@@H](CC)C(=O)N(C)[C@H](C)C(=O)N(C)[C@@H]([C@H](C)COCC(=O)N2CCNCC2)C(=O)C[C@@H](C(C)C)C(=O)N(C)[C@@H](CC(C)C)C(=O)C[C@@H](C)C(=O)C[C@H](C)C(=O)N(C)[C@@H](CC(C)C)C(=O)N(C)[C@@H](CC(C)C)C(=O)N(C)[C@@H](C(C)C)C(=O)N1C. The Morgan fingerprint density at radius 2 is 1.01 bits per heavy atom. The number of nitrogens with zero attached hydrogens (tertiary/aromatic N) is 8. The Morgan fingerprint density at radius 1 is 0.537 bits per heavy atom. The lowest BCUT2D eigenvalue weighted by Crippen LogP contribution is -2.63. The Balaban J connectivity index is 3.03. The second kappa shape index (κ2) is 39.3. The van der Waals surface area contributed by atoms with Gasteiger partial charge in [0.15, 0.2) is 11.6 Å². The number of hydrogen-bond acceptors (Lipinski definition) is 15. The van der Waals surface area contributed by atoms with Crippen LogP contribution in [-0.2, 0) is 62.3 Å². The summed E-state index contributed by atoms with van der Waals surface area (Å²) in [6.45, 7) is 31.6. The van der Waals surface area contributed by atoms with E-state index in [1.165, 1.54) is 80.8 Å². The Hall–Kier alpha value is -6.14. The molecule has 0 aliphatic carbocycles. The van der Waals surface area contributed by atoms with E-state index in [1.807, 2.05) is 41.5 Å². The molecule has 14 atom stereocenters. The van der Waals surface area contributed by atoms with Gasteiger partial charge < -0.3 is 59.7 Å². The Kier molecular flexibility index (Phi) is 35.1. The van der Waals surface area contributed by atoms with Crippen molar-refractivity contribution in [2.75, 3.05) is 88.7 Å². The van der Waals surface area contributed by atoms with Gasteiger partial charge in [0.05, 0.1) is 24.8 Å². The molecule has 0 aromatic carbocycles. The minimum Gasteiger partial charge on any atom is -0.390 e. The molecule has 2 rings (SSSR count). The maximum atomic E-state index is 15.3. The summed E-state index contributed by atoms with van der Waals surface area (Å²) in [4.78, 5) is 188. The standard InChI is InChI=1S/C71H124N10O14/c1-25-27-28-46(13)63(86)62-64(87)73-52(26-2)68(91)74(18)50(17)66(89)79(23)61(49(16)39-95-40-59(85)81-31-29-72-30-32-81)58(84)38-51(44(9)10)67(90)75(19)53(33-41(3)4)57(83)36-47(14)56(82)37-48(15)65(88)76(20)54(34-42(5)6)69(92)77(21)55(35-43(7)8)70(93)78(22)60(45(11)12)71(94)80(62)24/h25,27,41-55,60-63,72,86H,26,28-40H2,1-24H3,(H,73,87)/b27-25+/t46-,47-,48+,49-,50-,51+,52+,53+,54+,55+,60+,61+,62+,63-/m1/s1. The van der Waals surface area contributed by atoms with Crippen LogP contribution in [0.2, 0.25) is 0 Å². The zero-order valence-electron chi connectivity index (χ0n) is 62.4. The third-order valence-corrected chi connectivity index (χ3v) is 19.4. The van der Waals surface area contributed by atoms with Crippen molar-refractivity contribution in [1.82, 2.24) is 49.8 Å². The third kappa shape index (κ3) is 23.5. The number of nitrogens with one attached hydrogen (secondary N) is 2. The molecular formula is C71H124N10O14. The monoisotopic (exact) mass is 1340 g/mol. The molecule has 3 N–H and O–H groups in total. The molecule has 0 saturated carbocycles. The highest BCUT2D eigenvalue weighted by Crippen LogP contribution is 2.30. The molecule has 0 bridgehead atoms. The molecule has 2 heterocycles. The van der Waals surface area contributed by atoms with Crippen LogP contribution in [0.5, 0.6) is 0 Å². The summed E-state index contributed by atoms with van der Waals surface area (Å²) in [5, 5.41) is 18.2. The summed E-state index contributed by atoms with van der Waals surface area (Å²) < 4.78 is 5.99. The Bertz CT molecular complexity index is 2640. The quantitative estimate of drug-likeness (QED) is 0.153. The van der Waals surface area contributed by atoms with Crippen LogP contribution in [0, 0.1) is 59.2 Å². The first-order valence-corrected chi connectivity index (χ1v) is 34.7. The largest absolute Gasteiger partial charge is 0.390 e. The number of carbonyl (C=O) groups excluding carboxylic acids is 12. The van der Waals surface area contributed by atoms with Crippen LogP contribution in [0.4, 0.5) is 0 Å². The number of ketones is 3. The van der Waals surface area contributed by atoms with Gasteiger partial charge in [-0.15, -0.1) is 0 Å². The number of piperazine rings is 1. The highest BCUT2D eigenvalue weighted by atomic mass is 16.5. The maximum absolute atomic E-state index is 15.3. The molecule has 24 heteroatoms. The van der Waals surface area contributed by atoms with Crippen LogP contribution in [-0.4, -0.2) is 258 Å². The fourth-order valence-electron chi connectivity index (χ4n) is 13.0. The molecule has 2 aliphatic heterocycles. The number of amides is 9. The van der Waals surface area contributed by atoms with Crippen molar-refractivity contribution in [3.8, 4) is 0 Å². The first kappa shape index (κ1) is 84.9. The van der Waals surface area contributed by atoms with E-state index in [1.54, 1.807) is 86.3 Å². The summed E-state index contributed by atoms with van der Waals surface area (Å²) in [6.07, 6.45) is 1.96. The van der Waals surface area contributed by atoms with Crippen molar-refractivity contribution >= 4 is 70.5 Å². The maximum Gasteiger partial charge on any atom is 0.248 e. The van der Waals surface area contributed by atoms with Crippen LogP contribution >= 0.6 is 0 Å². The van der Waals surface area contributed by atoms with Crippen molar-refractivity contribution in [3.63, 3.8) is 0 Å². The van der Waals surface area contributed by atoms with E-state index < -0.39 is 161 Å². The van der Waals surface area contributed by atoms with Gasteiger partial charge in [-0.1, -0.05) is 116 Å². The number of rotatable bonds is 18. The molecule has 0 aromatic heterocycles. The van der Waals surface area contributed by atoms with Gasteiger partial charge in [0.2, 0.25) is 53.2 Å². The van der Waals surface area contributed by atoms with Gasteiger partial charge in [0.25, 0.3) is 0 Å². The summed E-state index contributed by atoms with van der Waals surface area (Å²) >= 11 is 0. The van der Waals surface area contributed by atoms with E-state index in [4.69, 9.17) is 4.74 Å². The number of aliphatic hydroxyl groups is 1. The lowest BCUT2D eigenvalue weighted by atomic mass is 9.83. The lowest BCUT2D eigenvalue weighted by Gasteiger charge is -2.41. The van der Waals surface area contributed by atoms with E-state index in [0.717, 1.165) is 9.80 Å². The molecule has 24 nitrogen and oxygen atoms in total. The van der Waals surface area contributed by atoms with E-state index in [-0.39, 0.29) is 81.2 Å². The number of allylic oxidation sites excluding steroid dienone is 2. The van der Waals surface area contributed by atoms with Crippen LogP contribution < -0.4 is 10.6 Å². The molecule has 95 heavy (non-hydrogen) atoms. The molecule has 2 fully saturated rings. The number of likely N-dealkylation sites (N-methyl/N-ethyl adjacent to an activating group) is 7. The van der Waals surface area contributed by atoms with Gasteiger partial charge in [-0.05, 0) is 81.5 Å². The van der Waals surface area contributed by atoms with Crippen molar-refractivity contribution in [2.45, 2.75) is 224 Å². The normalized spacial score (nSPS) is 27.6. The molecule has 0 unspecified atom stereocenters. The molecule has 542 valence electrons.